The van der Waals surface area contributed by atoms with Gasteiger partial charge in [-0.25, -0.2) is 4.79 Å². The van der Waals surface area contributed by atoms with E-state index >= 15 is 0 Å². The summed E-state index contributed by atoms with van der Waals surface area (Å²) in [6.07, 6.45) is 3.66. The number of fused-ring (bicyclic) bond motifs is 1. The van der Waals surface area contributed by atoms with Crippen LogP contribution in [-0.4, -0.2) is 33.5 Å². The summed E-state index contributed by atoms with van der Waals surface area (Å²) in [5.74, 6) is -0.717. The first kappa shape index (κ1) is 20.6. The molecule has 0 spiro atoms. The molecule has 2 aromatic rings. The Labute approximate surface area is 176 Å². The summed E-state index contributed by atoms with van der Waals surface area (Å²) in [5.41, 5.74) is 2.68. The van der Waals surface area contributed by atoms with Crippen molar-refractivity contribution in [2.75, 3.05) is 6.54 Å². The number of nitrogens with one attached hydrogen (secondary N) is 2. The second-order valence-electron chi connectivity index (χ2n) is 9.79. The zero-order valence-electron chi connectivity index (χ0n) is 18.3. The van der Waals surface area contributed by atoms with E-state index < -0.39 is 11.4 Å². The van der Waals surface area contributed by atoms with Crippen LogP contribution in [-0.2, 0) is 22.2 Å². The third kappa shape index (κ3) is 3.21. The first-order chi connectivity index (χ1) is 14.0. The molecule has 2 aliphatic heterocycles. The molecule has 0 bridgehead atoms. The zero-order valence-corrected chi connectivity index (χ0v) is 18.3. The fourth-order valence-corrected chi connectivity index (χ4v) is 4.57. The molecule has 2 unspecified atom stereocenters. The standard InChI is InChI=1S/C23H30N4O3/c1-22(2,3)18-13-15(9-11-24-18)14-6-7-16-17(12-14)26(5)21(30)27(16)23(4)10-8-19(28)25-20(23)29/h6-7,9,12,18,24H,8,10-11,13H2,1-5H3,(H,25,28,29). The molecule has 0 radical (unpaired) electrons. The monoisotopic (exact) mass is 410 g/mol. The first-order valence-electron chi connectivity index (χ1n) is 10.5. The van der Waals surface area contributed by atoms with Gasteiger partial charge < -0.3 is 5.32 Å². The van der Waals surface area contributed by atoms with E-state index in [1.54, 1.807) is 23.1 Å². The SMILES string of the molecule is Cn1c(=O)n(C2(C)CCC(=O)NC2=O)c2ccc(C3=CCNC(C(C)(C)C)C3)cc21. The molecule has 1 aromatic carbocycles. The highest BCUT2D eigenvalue weighted by Crippen LogP contribution is 2.34. The van der Waals surface area contributed by atoms with Crippen molar-refractivity contribution in [3.05, 3.63) is 40.3 Å². The Morgan fingerprint density at radius 1 is 1.13 bits per heavy atom. The molecule has 7 nitrogen and oxygen atoms in total. The number of rotatable bonds is 2. The van der Waals surface area contributed by atoms with Crippen LogP contribution in [0.25, 0.3) is 16.6 Å². The summed E-state index contributed by atoms with van der Waals surface area (Å²) < 4.78 is 3.14. The number of hydrogen-bond acceptors (Lipinski definition) is 4. The average molecular weight is 411 g/mol. The lowest BCUT2D eigenvalue weighted by atomic mass is 9.80. The van der Waals surface area contributed by atoms with Crippen LogP contribution in [0.2, 0.25) is 0 Å². The molecule has 2 aliphatic rings. The van der Waals surface area contributed by atoms with Crippen molar-refractivity contribution in [2.24, 2.45) is 12.5 Å². The molecule has 30 heavy (non-hydrogen) atoms. The summed E-state index contributed by atoms with van der Waals surface area (Å²) in [4.78, 5) is 37.4. The normalized spacial score (nSPS) is 25.4. The summed E-state index contributed by atoms with van der Waals surface area (Å²) in [6.45, 7) is 9.26. The third-order valence-corrected chi connectivity index (χ3v) is 6.68. The Morgan fingerprint density at radius 3 is 2.53 bits per heavy atom. The van der Waals surface area contributed by atoms with Gasteiger partial charge in [-0.1, -0.05) is 32.9 Å². The Hall–Kier alpha value is -2.67. The Kier molecular flexibility index (Phi) is 4.77. The highest BCUT2D eigenvalue weighted by molar-refractivity contribution is 6.02. The molecular weight excluding hydrogens is 380 g/mol. The number of imidazole rings is 1. The minimum absolute atomic E-state index is 0.153. The predicted octanol–water partition coefficient (Wildman–Crippen LogP) is 2.28. The van der Waals surface area contributed by atoms with Crippen molar-refractivity contribution in [3.8, 4) is 0 Å². The number of aryl methyl sites for hydroxylation is 1. The first-order valence-corrected chi connectivity index (χ1v) is 10.5. The fraction of sp³-hybridized carbons (Fsp3) is 0.522. The molecule has 2 amide bonds. The molecule has 1 aromatic heterocycles. The van der Waals surface area contributed by atoms with Gasteiger partial charge in [0.1, 0.15) is 5.54 Å². The fourth-order valence-electron chi connectivity index (χ4n) is 4.57. The van der Waals surface area contributed by atoms with Gasteiger partial charge in [0.15, 0.2) is 0 Å². The third-order valence-electron chi connectivity index (χ3n) is 6.68. The van der Waals surface area contributed by atoms with Crippen molar-refractivity contribution in [1.29, 1.82) is 0 Å². The van der Waals surface area contributed by atoms with Crippen LogP contribution in [0.5, 0.6) is 0 Å². The van der Waals surface area contributed by atoms with Crippen LogP contribution in [0, 0.1) is 5.41 Å². The molecule has 0 aliphatic carbocycles. The van der Waals surface area contributed by atoms with Crippen molar-refractivity contribution >= 4 is 28.4 Å². The molecule has 7 heteroatoms. The Morgan fingerprint density at radius 2 is 1.87 bits per heavy atom. The van der Waals surface area contributed by atoms with Crippen LogP contribution >= 0.6 is 0 Å². The lowest BCUT2D eigenvalue weighted by Crippen LogP contribution is -2.55. The van der Waals surface area contributed by atoms with Gasteiger partial charge in [0.05, 0.1) is 11.0 Å². The minimum atomic E-state index is -1.09. The van der Waals surface area contributed by atoms with E-state index in [0.29, 0.717) is 18.0 Å². The van der Waals surface area contributed by atoms with E-state index in [0.717, 1.165) is 24.0 Å². The summed E-state index contributed by atoms with van der Waals surface area (Å²) in [6, 6.07) is 6.38. The molecule has 1 fully saturated rings. The van der Waals surface area contributed by atoms with Crippen molar-refractivity contribution in [2.45, 2.75) is 58.5 Å². The van der Waals surface area contributed by atoms with Gasteiger partial charge in [-0.3, -0.25) is 24.0 Å². The maximum absolute atomic E-state index is 13.1. The van der Waals surface area contributed by atoms with Gasteiger partial charge in [-0.2, -0.15) is 0 Å². The molecule has 1 saturated heterocycles. The van der Waals surface area contributed by atoms with Crippen LogP contribution < -0.4 is 16.3 Å². The number of imide groups is 1. The number of amides is 2. The van der Waals surface area contributed by atoms with Crippen molar-refractivity contribution in [3.63, 3.8) is 0 Å². The second-order valence-corrected chi connectivity index (χ2v) is 9.79. The Balaban J connectivity index is 1.79. The molecule has 3 heterocycles. The summed E-state index contributed by atoms with van der Waals surface area (Å²) in [7, 11) is 1.73. The van der Waals surface area contributed by atoms with E-state index in [1.165, 1.54) is 5.57 Å². The maximum Gasteiger partial charge on any atom is 0.329 e. The topological polar surface area (TPSA) is 85.1 Å². The number of hydrogen-bond donors (Lipinski definition) is 2. The number of piperidine rings is 1. The Bertz CT molecular complexity index is 1130. The van der Waals surface area contributed by atoms with Gasteiger partial charge in [0.25, 0.3) is 5.91 Å². The maximum atomic E-state index is 13.1. The number of nitrogens with zero attached hydrogens (tertiary/aromatic N) is 2. The van der Waals surface area contributed by atoms with Gasteiger partial charge in [0, 0.05) is 26.1 Å². The van der Waals surface area contributed by atoms with Gasteiger partial charge >= 0.3 is 5.69 Å². The molecule has 160 valence electrons. The highest BCUT2D eigenvalue weighted by Gasteiger charge is 2.42. The largest absolute Gasteiger partial charge is 0.329 e. The van der Waals surface area contributed by atoms with Gasteiger partial charge in [0.2, 0.25) is 5.91 Å². The van der Waals surface area contributed by atoms with Crippen LogP contribution in [0.4, 0.5) is 0 Å². The predicted molar refractivity (Wildman–Crippen MR) is 117 cm³/mol. The zero-order chi connectivity index (χ0) is 21.8. The number of carbonyl (C=O) groups is 2. The van der Waals surface area contributed by atoms with Crippen LogP contribution in [0.1, 0.15) is 52.5 Å². The molecule has 4 rings (SSSR count). The van der Waals surface area contributed by atoms with E-state index in [1.807, 2.05) is 18.2 Å². The quantitative estimate of drug-likeness (QED) is 0.744. The van der Waals surface area contributed by atoms with Gasteiger partial charge in [-0.15, -0.1) is 0 Å². The van der Waals surface area contributed by atoms with E-state index in [2.05, 4.69) is 37.5 Å². The molecule has 2 N–H and O–H groups in total. The lowest BCUT2D eigenvalue weighted by molar-refractivity contribution is -0.140. The number of carbonyl (C=O) groups excluding carboxylic acids is 2. The highest BCUT2D eigenvalue weighted by atomic mass is 16.2. The average Bonchev–Trinajstić information content (AvgIpc) is 2.95. The smallest absolute Gasteiger partial charge is 0.310 e. The van der Waals surface area contributed by atoms with Crippen molar-refractivity contribution in [1.82, 2.24) is 19.8 Å². The molecular formula is C23H30N4O3. The summed E-state index contributed by atoms with van der Waals surface area (Å²) >= 11 is 0. The lowest BCUT2D eigenvalue weighted by Gasteiger charge is -2.35. The molecule has 0 saturated carbocycles. The molecule has 2 atom stereocenters. The minimum Gasteiger partial charge on any atom is -0.310 e. The number of aromatic nitrogens is 2. The van der Waals surface area contributed by atoms with Crippen molar-refractivity contribution < 1.29 is 9.59 Å². The van der Waals surface area contributed by atoms with Crippen LogP contribution in [0.3, 0.4) is 0 Å². The van der Waals surface area contributed by atoms with Crippen LogP contribution in [0.15, 0.2) is 29.1 Å². The summed E-state index contributed by atoms with van der Waals surface area (Å²) in [5, 5.41) is 5.96. The van der Waals surface area contributed by atoms with E-state index in [9.17, 15) is 14.4 Å². The van der Waals surface area contributed by atoms with E-state index in [4.69, 9.17) is 0 Å². The van der Waals surface area contributed by atoms with Gasteiger partial charge in [-0.05, 0) is 48.4 Å². The number of benzene rings is 1. The second kappa shape index (κ2) is 6.94. The van der Waals surface area contributed by atoms with E-state index in [-0.39, 0.29) is 23.4 Å².